The van der Waals surface area contributed by atoms with Crippen LogP contribution in [-0.4, -0.2) is 11.7 Å². The zero-order chi connectivity index (χ0) is 15.1. The molecule has 0 bridgehead atoms. The van der Waals surface area contributed by atoms with Gasteiger partial charge in [-0.15, -0.1) is 11.8 Å². The van der Waals surface area contributed by atoms with E-state index < -0.39 is 11.6 Å². The van der Waals surface area contributed by atoms with Crippen LogP contribution < -0.4 is 0 Å². The molecule has 0 unspecified atom stereocenters. The van der Waals surface area contributed by atoms with Gasteiger partial charge in [-0.1, -0.05) is 24.0 Å². The van der Waals surface area contributed by atoms with Gasteiger partial charge in [0.15, 0.2) is 0 Å². The van der Waals surface area contributed by atoms with Crippen molar-refractivity contribution in [1.29, 1.82) is 0 Å². The van der Waals surface area contributed by atoms with Gasteiger partial charge in [-0.3, -0.25) is 0 Å². The average Bonchev–Trinajstić information content (AvgIpc) is 2.49. The van der Waals surface area contributed by atoms with Gasteiger partial charge in [-0.2, -0.15) is 0 Å². The van der Waals surface area contributed by atoms with E-state index in [9.17, 15) is 8.78 Å². The normalized spacial score (nSPS) is 10.0. The molecule has 0 saturated carbocycles. The van der Waals surface area contributed by atoms with Crippen LogP contribution >= 0.6 is 11.8 Å². The summed E-state index contributed by atoms with van der Waals surface area (Å²) in [6.45, 7) is 0.0430. The standard InChI is InChI=1S/C17H14F2OS/c18-15-7-8-16(19)17(11-15)21-12-14-6-3-5-13(10-14)4-1-2-9-20/h3,5-8,10-11,20H,2,9,12H2. The van der Waals surface area contributed by atoms with Gasteiger partial charge in [0.05, 0.1) is 6.61 Å². The van der Waals surface area contributed by atoms with Crippen LogP contribution in [0.15, 0.2) is 47.4 Å². The van der Waals surface area contributed by atoms with E-state index in [1.807, 2.05) is 24.3 Å². The Morgan fingerprint density at radius 2 is 1.95 bits per heavy atom. The maximum Gasteiger partial charge on any atom is 0.136 e. The van der Waals surface area contributed by atoms with Gasteiger partial charge in [0.2, 0.25) is 0 Å². The summed E-state index contributed by atoms with van der Waals surface area (Å²) in [6.07, 6.45) is 0.438. The molecule has 2 aromatic carbocycles. The fourth-order valence-corrected chi connectivity index (χ4v) is 2.61. The van der Waals surface area contributed by atoms with Crippen LogP contribution in [0.2, 0.25) is 0 Å². The van der Waals surface area contributed by atoms with Crippen LogP contribution in [0.4, 0.5) is 8.78 Å². The summed E-state index contributed by atoms with van der Waals surface area (Å²) in [7, 11) is 0. The molecule has 0 spiro atoms. The van der Waals surface area contributed by atoms with Gasteiger partial charge in [-0.25, -0.2) is 8.78 Å². The molecule has 2 aromatic rings. The second kappa shape index (κ2) is 7.82. The van der Waals surface area contributed by atoms with Crippen LogP contribution in [0.1, 0.15) is 17.5 Å². The molecule has 2 rings (SSSR count). The van der Waals surface area contributed by atoms with E-state index in [1.54, 1.807) is 0 Å². The fraction of sp³-hybridized carbons (Fsp3) is 0.176. The number of benzene rings is 2. The Hall–Kier alpha value is -1.83. The van der Waals surface area contributed by atoms with Crippen molar-refractivity contribution in [3.63, 3.8) is 0 Å². The summed E-state index contributed by atoms with van der Waals surface area (Å²) in [5.74, 6) is 5.48. The minimum Gasteiger partial charge on any atom is -0.395 e. The summed E-state index contributed by atoms with van der Waals surface area (Å²) in [5.41, 5.74) is 1.83. The van der Waals surface area contributed by atoms with E-state index in [0.717, 1.165) is 23.3 Å². The Labute approximate surface area is 127 Å². The summed E-state index contributed by atoms with van der Waals surface area (Å²) >= 11 is 1.25. The smallest absolute Gasteiger partial charge is 0.136 e. The highest BCUT2D eigenvalue weighted by Crippen LogP contribution is 2.26. The number of aliphatic hydroxyl groups excluding tert-OH is 1. The van der Waals surface area contributed by atoms with Crippen LogP contribution in [0, 0.1) is 23.5 Å². The number of hydrogen-bond acceptors (Lipinski definition) is 2. The molecule has 0 atom stereocenters. The minimum absolute atomic E-state index is 0.0430. The van der Waals surface area contributed by atoms with E-state index in [1.165, 1.54) is 17.8 Å². The fourth-order valence-electron chi connectivity index (χ4n) is 1.71. The van der Waals surface area contributed by atoms with Crippen molar-refractivity contribution < 1.29 is 13.9 Å². The van der Waals surface area contributed by atoms with Crippen molar-refractivity contribution in [3.8, 4) is 11.8 Å². The summed E-state index contributed by atoms with van der Waals surface area (Å²) in [5, 5.41) is 8.69. The van der Waals surface area contributed by atoms with Crippen molar-refractivity contribution in [3.05, 3.63) is 65.2 Å². The second-order valence-corrected chi connectivity index (χ2v) is 5.36. The van der Waals surface area contributed by atoms with Crippen molar-refractivity contribution >= 4 is 11.8 Å². The zero-order valence-electron chi connectivity index (χ0n) is 11.3. The molecule has 0 amide bonds. The first-order valence-electron chi connectivity index (χ1n) is 6.45. The quantitative estimate of drug-likeness (QED) is 0.681. The second-order valence-electron chi connectivity index (χ2n) is 4.34. The van der Waals surface area contributed by atoms with Crippen LogP contribution in [0.25, 0.3) is 0 Å². The molecular formula is C17H14F2OS. The van der Waals surface area contributed by atoms with Gasteiger partial charge >= 0.3 is 0 Å². The topological polar surface area (TPSA) is 20.2 Å². The minimum atomic E-state index is -0.442. The monoisotopic (exact) mass is 304 g/mol. The molecule has 1 N–H and O–H groups in total. The first kappa shape index (κ1) is 15.6. The molecule has 108 valence electrons. The largest absolute Gasteiger partial charge is 0.395 e. The molecule has 0 aliphatic heterocycles. The molecule has 0 aromatic heterocycles. The van der Waals surface area contributed by atoms with Gasteiger partial charge in [-0.05, 0) is 35.9 Å². The summed E-state index contributed by atoms with van der Waals surface area (Å²) in [4.78, 5) is 0.298. The van der Waals surface area contributed by atoms with E-state index >= 15 is 0 Å². The van der Waals surface area contributed by atoms with Gasteiger partial charge in [0.25, 0.3) is 0 Å². The number of rotatable bonds is 4. The maximum atomic E-state index is 13.5. The van der Waals surface area contributed by atoms with E-state index in [2.05, 4.69) is 11.8 Å². The van der Waals surface area contributed by atoms with Gasteiger partial charge < -0.3 is 5.11 Å². The first-order chi connectivity index (χ1) is 10.2. The Morgan fingerprint density at radius 1 is 1.10 bits per heavy atom. The predicted molar refractivity (Wildman–Crippen MR) is 80.9 cm³/mol. The number of thioether (sulfide) groups is 1. The maximum absolute atomic E-state index is 13.5. The van der Waals surface area contributed by atoms with Crippen molar-refractivity contribution in [2.45, 2.75) is 17.1 Å². The van der Waals surface area contributed by atoms with E-state index in [0.29, 0.717) is 17.1 Å². The SMILES string of the molecule is OCCC#Cc1cccc(CSc2cc(F)ccc2F)c1. The van der Waals surface area contributed by atoms with Crippen molar-refractivity contribution in [2.24, 2.45) is 0 Å². The molecule has 4 heteroatoms. The van der Waals surface area contributed by atoms with E-state index in [4.69, 9.17) is 5.11 Å². The highest BCUT2D eigenvalue weighted by Gasteiger charge is 2.05. The average molecular weight is 304 g/mol. The lowest BCUT2D eigenvalue weighted by Gasteiger charge is -2.04. The highest BCUT2D eigenvalue weighted by molar-refractivity contribution is 7.98. The van der Waals surface area contributed by atoms with Crippen LogP contribution in [0.3, 0.4) is 0 Å². The Bertz CT molecular complexity index is 674. The molecule has 0 saturated heterocycles. The van der Waals surface area contributed by atoms with Crippen molar-refractivity contribution in [1.82, 2.24) is 0 Å². The van der Waals surface area contributed by atoms with Crippen LogP contribution in [0.5, 0.6) is 0 Å². The Balaban J connectivity index is 2.05. The lowest BCUT2D eigenvalue weighted by molar-refractivity contribution is 0.305. The van der Waals surface area contributed by atoms with Gasteiger partial charge in [0, 0.05) is 22.6 Å². The predicted octanol–water partition coefficient (Wildman–Crippen LogP) is 3.99. The molecule has 0 fully saturated rings. The van der Waals surface area contributed by atoms with Gasteiger partial charge in [0.1, 0.15) is 11.6 Å². The molecule has 21 heavy (non-hydrogen) atoms. The number of aliphatic hydroxyl groups is 1. The van der Waals surface area contributed by atoms with Crippen molar-refractivity contribution in [2.75, 3.05) is 6.61 Å². The van der Waals surface area contributed by atoms with Crippen LogP contribution in [-0.2, 0) is 5.75 Å². The third-order valence-electron chi connectivity index (χ3n) is 2.68. The summed E-state index contributed by atoms with van der Waals surface area (Å²) in [6, 6.07) is 11.0. The first-order valence-corrected chi connectivity index (χ1v) is 7.44. The third kappa shape index (κ3) is 4.89. The zero-order valence-corrected chi connectivity index (χ0v) is 12.1. The molecule has 0 aliphatic carbocycles. The third-order valence-corrected chi connectivity index (χ3v) is 3.79. The number of halogens is 2. The summed E-state index contributed by atoms with van der Waals surface area (Å²) < 4.78 is 26.6. The molecule has 0 radical (unpaired) electrons. The lowest BCUT2D eigenvalue weighted by Crippen LogP contribution is -1.87. The molecule has 0 aliphatic rings. The Kier molecular flexibility index (Phi) is 5.79. The van der Waals surface area contributed by atoms with E-state index in [-0.39, 0.29) is 6.61 Å². The molecular weight excluding hydrogens is 290 g/mol. The number of hydrogen-bond donors (Lipinski definition) is 1. The Morgan fingerprint density at radius 3 is 2.76 bits per heavy atom. The molecule has 1 nitrogen and oxygen atoms in total. The highest BCUT2D eigenvalue weighted by atomic mass is 32.2. The lowest BCUT2D eigenvalue weighted by atomic mass is 10.1. The molecule has 0 heterocycles.